The molecule has 0 saturated carbocycles. The first-order valence-corrected chi connectivity index (χ1v) is 5.26. The van der Waals surface area contributed by atoms with E-state index in [0.717, 1.165) is 0 Å². The third-order valence-electron chi connectivity index (χ3n) is 2.08. The van der Waals surface area contributed by atoms with Crippen molar-refractivity contribution in [2.75, 3.05) is 13.1 Å². The summed E-state index contributed by atoms with van der Waals surface area (Å²) in [4.78, 5) is 21.6. The fraction of sp³-hybridized carbons (Fsp3) is 0.636. The number of carboxylic acid groups (broad SMARTS) is 1. The SMILES string of the molecule is C#CCCNC(=O)NCCCC(C)C(=O)O. The van der Waals surface area contributed by atoms with Gasteiger partial charge in [0.15, 0.2) is 0 Å². The molecule has 90 valence electrons. The average Bonchev–Trinajstić information content (AvgIpc) is 2.24. The van der Waals surface area contributed by atoms with Crippen molar-refractivity contribution in [3.8, 4) is 12.3 Å². The number of carbonyl (C=O) groups is 2. The number of rotatable bonds is 7. The Morgan fingerprint density at radius 2 is 2.00 bits per heavy atom. The third-order valence-corrected chi connectivity index (χ3v) is 2.08. The van der Waals surface area contributed by atoms with E-state index in [0.29, 0.717) is 32.4 Å². The zero-order valence-corrected chi connectivity index (χ0v) is 9.45. The summed E-state index contributed by atoms with van der Waals surface area (Å²) in [7, 11) is 0. The average molecular weight is 226 g/mol. The molecule has 3 N–H and O–H groups in total. The Labute approximate surface area is 95.6 Å². The zero-order valence-electron chi connectivity index (χ0n) is 9.45. The molecule has 1 atom stereocenters. The van der Waals surface area contributed by atoms with E-state index in [1.165, 1.54) is 0 Å². The molecule has 0 saturated heterocycles. The lowest BCUT2D eigenvalue weighted by Crippen LogP contribution is -2.36. The molecule has 0 fully saturated rings. The minimum absolute atomic E-state index is 0.266. The third kappa shape index (κ3) is 7.68. The molecule has 0 bridgehead atoms. The van der Waals surface area contributed by atoms with E-state index in [1.807, 2.05) is 0 Å². The molecule has 0 aliphatic carbocycles. The van der Waals surface area contributed by atoms with E-state index in [2.05, 4.69) is 16.6 Å². The number of amides is 2. The molecular weight excluding hydrogens is 208 g/mol. The smallest absolute Gasteiger partial charge is 0.314 e. The van der Waals surface area contributed by atoms with Gasteiger partial charge in [0.2, 0.25) is 0 Å². The van der Waals surface area contributed by atoms with Crippen molar-refractivity contribution >= 4 is 12.0 Å². The summed E-state index contributed by atoms with van der Waals surface area (Å²) in [5.41, 5.74) is 0. The van der Waals surface area contributed by atoms with Gasteiger partial charge in [0, 0.05) is 19.5 Å². The number of hydrogen-bond acceptors (Lipinski definition) is 2. The first kappa shape index (κ1) is 14.3. The van der Waals surface area contributed by atoms with E-state index >= 15 is 0 Å². The van der Waals surface area contributed by atoms with Gasteiger partial charge in [-0.2, -0.15) is 0 Å². The number of aliphatic carboxylic acids is 1. The highest BCUT2D eigenvalue weighted by Gasteiger charge is 2.09. The fourth-order valence-corrected chi connectivity index (χ4v) is 1.04. The van der Waals surface area contributed by atoms with Gasteiger partial charge >= 0.3 is 12.0 Å². The van der Waals surface area contributed by atoms with Crippen LogP contribution >= 0.6 is 0 Å². The summed E-state index contributed by atoms with van der Waals surface area (Å²) in [6.45, 7) is 2.57. The van der Waals surface area contributed by atoms with Gasteiger partial charge in [0.1, 0.15) is 0 Å². The van der Waals surface area contributed by atoms with Gasteiger partial charge in [0.25, 0.3) is 0 Å². The monoisotopic (exact) mass is 226 g/mol. The van der Waals surface area contributed by atoms with E-state index < -0.39 is 5.97 Å². The van der Waals surface area contributed by atoms with Crippen molar-refractivity contribution in [2.45, 2.75) is 26.2 Å². The van der Waals surface area contributed by atoms with Crippen LogP contribution in [0.5, 0.6) is 0 Å². The second-order valence-electron chi connectivity index (χ2n) is 3.52. The minimum Gasteiger partial charge on any atom is -0.481 e. The summed E-state index contributed by atoms with van der Waals surface area (Å²) in [5.74, 6) is 1.23. The summed E-state index contributed by atoms with van der Waals surface area (Å²) < 4.78 is 0. The zero-order chi connectivity index (χ0) is 12.4. The first-order valence-electron chi connectivity index (χ1n) is 5.26. The molecule has 0 aromatic carbocycles. The lowest BCUT2D eigenvalue weighted by atomic mass is 10.1. The first-order chi connectivity index (χ1) is 7.57. The van der Waals surface area contributed by atoms with E-state index in [9.17, 15) is 9.59 Å². The maximum Gasteiger partial charge on any atom is 0.314 e. The molecule has 5 heteroatoms. The predicted molar refractivity (Wildman–Crippen MR) is 60.9 cm³/mol. The van der Waals surface area contributed by atoms with Crippen molar-refractivity contribution in [1.29, 1.82) is 0 Å². The van der Waals surface area contributed by atoms with Gasteiger partial charge in [-0.05, 0) is 12.8 Å². The van der Waals surface area contributed by atoms with Gasteiger partial charge in [-0.3, -0.25) is 4.79 Å². The van der Waals surface area contributed by atoms with E-state index in [-0.39, 0.29) is 11.9 Å². The number of nitrogens with one attached hydrogen (secondary N) is 2. The van der Waals surface area contributed by atoms with Crippen LogP contribution in [0.1, 0.15) is 26.2 Å². The number of urea groups is 1. The molecule has 5 nitrogen and oxygen atoms in total. The van der Waals surface area contributed by atoms with E-state index in [4.69, 9.17) is 11.5 Å². The molecule has 0 radical (unpaired) electrons. The van der Waals surface area contributed by atoms with Crippen LogP contribution < -0.4 is 10.6 Å². The molecule has 16 heavy (non-hydrogen) atoms. The molecule has 2 amide bonds. The Morgan fingerprint density at radius 1 is 1.38 bits per heavy atom. The largest absolute Gasteiger partial charge is 0.481 e. The highest BCUT2D eigenvalue weighted by atomic mass is 16.4. The Balaban J connectivity index is 3.41. The molecule has 0 aromatic heterocycles. The number of carbonyl (C=O) groups excluding carboxylic acids is 1. The van der Waals surface area contributed by atoms with Crippen molar-refractivity contribution in [3.63, 3.8) is 0 Å². The number of carboxylic acids is 1. The van der Waals surface area contributed by atoms with Crippen LogP contribution in [-0.4, -0.2) is 30.2 Å². The van der Waals surface area contributed by atoms with Crippen LogP contribution in [0.25, 0.3) is 0 Å². The summed E-state index contributed by atoms with van der Waals surface area (Å²) in [6, 6.07) is -0.266. The van der Waals surface area contributed by atoms with Gasteiger partial charge < -0.3 is 15.7 Å². The van der Waals surface area contributed by atoms with Crippen LogP contribution in [0.4, 0.5) is 4.79 Å². The van der Waals surface area contributed by atoms with Gasteiger partial charge in [-0.25, -0.2) is 4.79 Å². The molecular formula is C11H18N2O3. The van der Waals surface area contributed by atoms with Crippen molar-refractivity contribution < 1.29 is 14.7 Å². The van der Waals surface area contributed by atoms with Crippen molar-refractivity contribution in [2.24, 2.45) is 5.92 Å². The maximum absolute atomic E-state index is 11.1. The molecule has 0 rings (SSSR count). The van der Waals surface area contributed by atoms with Gasteiger partial charge in [0.05, 0.1) is 5.92 Å². The Hall–Kier alpha value is -1.70. The van der Waals surface area contributed by atoms with Crippen LogP contribution in [0.15, 0.2) is 0 Å². The van der Waals surface area contributed by atoms with Crippen LogP contribution in [-0.2, 0) is 4.79 Å². The molecule has 0 aliphatic heterocycles. The second-order valence-corrected chi connectivity index (χ2v) is 3.52. The maximum atomic E-state index is 11.1. The highest BCUT2D eigenvalue weighted by molar-refractivity contribution is 5.73. The summed E-state index contributed by atoms with van der Waals surface area (Å²) in [6.07, 6.45) is 6.73. The Bertz CT molecular complexity index is 271. The van der Waals surface area contributed by atoms with Crippen LogP contribution in [0.3, 0.4) is 0 Å². The van der Waals surface area contributed by atoms with Crippen molar-refractivity contribution in [1.82, 2.24) is 10.6 Å². The lowest BCUT2D eigenvalue weighted by Gasteiger charge is -2.08. The Kier molecular flexibility index (Phi) is 7.68. The quantitative estimate of drug-likeness (QED) is 0.444. The normalized spacial score (nSPS) is 11.2. The summed E-state index contributed by atoms with van der Waals surface area (Å²) in [5, 5.41) is 13.8. The lowest BCUT2D eigenvalue weighted by molar-refractivity contribution is -0.141. The van der Waals surface area contributed by atoms with Gasteiger partial charge in [-0.15, -0.1) is 12.3 Å². The standard InChI is InChI=1S/C11H18N2O3/c1-3-4-7-12-11(16)13-8-5-6-9(2)10(14)15/h1,9H,4-8H2,2H3,(H,14,15)(H2,12,13,16). The highest BCUT2D eigenvalue weighted by Crippen LogP contribution is 2.03. The van der Waals surface area contributed by atoms with Crippen molar-refractivity contribution in [3.05, 3.63) is 0 Å². The molecule has 0 heterocycles. The van der Waals surface area contributed by atoms with Crippen LogP contribution in [0, 0.1) is 18.3 Å². The molecule has 0 aromatic rings. The number of terminal acetylenes is 1. The molecule has 0 aliphatic rings. The fourth-order valence-electron chi connectivity index (χ4n) is 1.04. The summed E-state index contributed by atoms with van der Waals surface area (Å²) >= 11 is 0. The minimum atomic E-state index is -0.807. The number of hydrogen-bond donors (Lipinski definition) is 3. The van der Waals surface area contributed by atoms with Gasteiger partial charge in [-0.1, -0.05) is 6.92 Å². The van der Waals surface area contributed by atoms with E-state index in [1.54, 1.807) is 6.92 Å². The molecule has 1 unspecified atom stereocenters. The predicted octanol–water partition coefficient (Wildman–Crippen LogP) is 0.810. The molecule has 0 spiro atoms. The van der Waals surface area contributed by atoms with Crippen LogP contribution in [0.2, 0.25) is 0 Å². The topological polar surface area (TPSA) is 78.4 Å². The Morgan fingerprint density at radius 3 is 2.56 bits per heavy atom. The second kappa shape index (κ2) is 8.60.